The number of carbonyl (C=O) groups is 3. The van der Waals surface area contributed by atoms with Gasteiger partial charge in [0.05, 0.1) is 5.56 Å². The van der Waals surface area contributed by atoms with Crippen LogP contribution in [0.15, 0.2) is 23.4 Å². The summed E-state index contributed by atoms with van der Waals surface area (Å²) in [5.41, 5.74) is 0.410. The molecule has 2 heterocycles. The van der Waals surface area contributed by atoms with Crippen LogP contribution in [0.3, 0.4) is 0 Å². The summed E-state index contributed by atoms with van der Waals surface area (Å²) in [6.07, 6.45) is 3.41. The molecule has 0 aliphatic carbocycles. The third kappa shape index (κ3) is 2.51. The number of nitrogens with one attached hydrogen (secondary N) is 1. The number of aromatic nitrogens is 1. The topological polar surface area (TPSA) is 79.4 Å². The van der Waals surface area contributed by atoms with E-state index in [2.05, 4.69) is 10.3 Å². The number of hydrogen-bond donors (Lipinski definition) is 1. The molecule has 6 nitrogen and oxygen atoms in total. The molecule has 0 spiro atoms. The second-order valence-corrected chi connectivity index (χ2v) is 4.49. The van der Waals surface area contributed by atoms with E-state index in [0.717, 1.165) is 0 Å². The van der Waals surface area contributed by atoms with Crippen molar-refractivity contribution in [2.75, 3.05) is 19.3 Å². The van der Waals surface area contributed by atoms with Crippen LogP contribution in [0.2, 0.25) is 0 Å². The Balaban J connectivity index is 2.25. The zero-order chi connectivity index (χ0) is 13.1. The summed E-state index contributed by atoms with van der Waals surface area (Å²) < 4.78 is 0. The molecule has 0 unspecified atom stereocenters. The average molecular weight is 265 g/mol. The van der Waals surface area contributed by atoms with E-state index in [4.69, 9.17) is 0 Å². The van der Waals surface area contributed by atoms with Gasteiger partial charge < -0.3 is 4.90 Å². The van der Waals surface area contributed by atoms with Crippen LogP contribution in [0.5, 0.6) is 0 Å². The fraction of sp³-hybridized carbons (Fsp3) is 0.273. The van der Waals surface area contributed by atoms with Crippen LogP contribution in [-0.4, -0.2) is 47.0 Å². The van der Waals surface area contributed by atoms with Crippen molar-refractivity contribution < 1.29 is 14.4 Å². The number of piperazine rings is 1. The van der Waals surface area contributed by atoms with Crippen molar-refractivity contribution in [3.05, 3.63) is 23.9 Å². The molecule has 1 aliphatic heterocycles. The number of thioether (sulfide) groups is 1. The lowest BCUT2D eigenvalue weighted by molar-refractivity contribution is -0.135. The molecule has 0 atom stereocenters. The van der Waals surface area contributed by atoms with Crippen LogP contribution in [-0.2, 0) is 9.59 Å². The zero-order valence-corrected chi connectivity index (χ0v) is 10.5. The van der Waals surface area contributed by atoms with E-state index in [1.807, 2.05) is 6.26 Å². The predicted molar refractivity (Wildman–Crippen MR) is 65.1 cm³/mol. The Morgan fingerprint density at radius 1 is 1.39 bits per heavy atom. The summed E-state index contributed by atoms with van der Waals surface area (Å²) >= 11 is 1.35. The number of amides is 3. The van der Waals surface area contributed by atoms with Gasteiger partial charge in [-0.15, -0.1) is 11.8 Å². The van der Waals surface area contributed by atoms with E-state index in [1.165, 1.54) is 16.7 Å². The van der Waals surface area contributed by atoms with Crippen LogP contribution in [0.4, 0.5) is 0 Å². The summed E-state index contributed by atoms with van der Waals surface area (Å²) in [6, 6.07) is 3.29. The van der Waals surface area contributed by atoms with E-state index in [0.29, 0.717) is 10.6 Å². The molecule has 1 saturated heterocycles. The number of pyridine rings is 1. The minimum Gasteiger partial charge on any atom is -0.320 e. The van der Waals surface area contributed by atoms with Crippen molar-refractivity contribution in [2.24, 2.45) is 0 Å². The van der Waals surface area contributed by atoms with Crippen molar-refractivity contribution in [2.45, 2.75) is 5.03 Å². The molecule has 2 rings (SSSR count). The Morgan fingerprint density at radius 3 is 2.67 bits per heavy atom. The molecule has 1 fully saturated rings. The largest absolute Gasteiger partial charge is 0.320 e. The van der Waals surface area contributed by atoms with E-state index in [1.54, 1.807) is 18.3 Å². The smallest absolute Gasteiger partial charge is 0.257 e. The third-order valence-electron chi connectivity index (χ3n) is 2.43. The normalized spacial score (nSPS) is 15.5. The molecule has 0 saturated carbocycles. The lowest BCUT2D eigenvalue weighted by atomic mass is 10.2. The molecule has 0 aromatic carbocycles. The van der Waals surface area contributed by atoms with Crippen molar-refractivity contribution in [3.63, 3.8) is 0 Å². The maximum atomic E-state index is 12.2. The van der Waals surface area contributed by atoms with E-state index in [-0.39, 0.29) is 19.0 Å². The SMILES string of the molecule is CSc1ncccc1C(=O)N1CC(=O)NC(=O)C1. The maximum absolute atomic E-state index is 12.2. The first kappa shape index (κ1) is 12.6. The zero-order valence-electron chi connectivity index (χ0n) is 9.67. The molecule has 1 N–H and O–H groups in total. The Hall–Kier alpha value is -1.89. The standard InChI is InChI=1S/C11H11N3O3S/c1-18-10-7(3-2-4-12-10)11(17)14-5-8(15)13-9(16)6-14/h2-4H,5-6H2,1H3,(H,13,15,16). The van der Waals surface area contributed by atoms with E-state index >= 15 is 0 Å². The molecule has 1 aromatic heterocycles. The summed E-state index contributed by atoms with van der Waals surface area (Å²) in [5, 5.41) is 2.74. The van der Waals surface area contributed by atoms with Gasteiger partial charge in [-0.25, -0.2) is 4.98 Å². The Bertz CT molecular complexity index is 502. The quantitative estimate of drug-likeness (QED) is 0.597. The van der Waals surface area contributed by atoms with Gasteiger partial charge in [0, 0.05) is 6.20 Å². The van der Waals surface area contributed by atoms with Gasteiger partial charge in [0.2, 0.25) is 11.8 Å². The number of carbonyl (C=O) groups excluding carboxylic acids is 3. The first-order valence-electron chi connectivity index (χ1n) is 5.23. The number of imide groups is 1. The summed E-state index contributed by atoms with van der Waals surface area (Å²) in [4.78, 5) is 40.0. The lowest BCUT2D eigenvalue weighted by Crippen LogP contribution is -2.53. The first-order chi connectivity index (χ1) is 8.61. The van der Waals surface area contributed by atoms with Crippen LogP contribution < -0.4 is 5.32 Å². The number of hydrogen-bond acceptors (Lipinski definition) is 5. The highest BCUT2D eigenvalue weighted by Gasteiger charge is 2.28. The van der Waals surface area contributed by atoms with Gasteiger partial charge in [-0.2, -0.15) is 0 Å². The predicted octanol–water partition coefficient (Wildman–Crippen LogP) is -0.0979. The highest BCUT2D eigenvalue weighted by atomic mass is 32.2. The molecule has 18 heavy (non-hydrogen) atoms. The van der Waals surface area contributed by atoms with Gasteiger partial charge in [-0.3, -0.25) is 19.7 Å². The van der Waals surface area contributed by atoms with Crippen molar-refractivity contribution >= 4 is 29.5 Å². The van der Waals surface area contributed by atoms with E-state index < -0.39 is 11.8 Å². The lowest BCUT2D eigenvalue weighted by Gasteiger charge is -2.25. The molecular weight excluding hydrogens is 254 g/mol. The number of rotatable bonds is 2. The van der Waals surface area contributed by atoms with Gasteiger partial charge in [0.25, 0.3) is 5.91 Å². The molecule has 3 amide bonds. The van der Waals surface area contributed by atoms with E-state index in [9.17, 15) is 14.4 Å². The van der Waals surface area contributed by atoms with Crippen LogP contribution in [0, 0.1) is 0 Å². The molecular formula is C11H11N3O3S. The molecule has 0 radical (unpaired) electrons. The van der Waals surface area contributed by atoms with Gasteiger partial charge in [-0.05, 0) is 18.4 Å². The van der Waals surface area contributed by atoms with Crippen LogP contribution in [0.25, 0.3) is 0 Å². The van der Waals surface area contributed by atoms with Gasteiger partial charge in [-0.1, -0.05) is 0 Å². The number of nitrogens with zero attached hydrogens (tertiary/aromatic N) is 2. The van der Waals surface area contributed by atoms with Crippen molar-refractivity contribution in [1.29, 1.82) is 0 Å². The first-order valence-corrected chi connectivity index (χ1v) is 6.45. The fourth-order valence-corrected chi connectivity index (χ4v) is 2.21. The second-order valence-electron chi connectivity index (χ2n) is 3.69. The maximum Gasteiger partial charge on any atom is 0.257 e. The average Bonchev–Trinajstić information content (AvgIpc) is 2.36. The van der Waals surface area contributed by atoms with Crippen LogP contribution >= 0.6 is 11.8 Å². The van der Waals surface area contributed by atoms with Crippen molar-refractivity contribution in [1.82, 2.24) is 15.2 Å². The fourth-order valence-electron chi connectivity index (χ4n) is 1.67. The molecule has 94 valence electrons. The molecule has 0 bridgehead atoms. The monoisotopic (exact) mass is 265 g/mol. The van der Waals surface area contributed by atoms with Crippen LogP contribution in [0.1, 0.15) is 10.4 Å². The Labute approximate surface area is 108 Å². The third-order valence-corrected chi connectivity index (χ3v) is 3.14. The molecule has 1 aromatic rings. The second kappa shape index (κ2) is 5.18. The Kier molecular flexibility index (Phi) is 3.61. The van der Waals surface area contributed by atoms with Gasteiger partial charge in [0.1, 0.15) is 18.1 Å². The molecule has 1 aliphatic rings. The summed E-state index contributed by atoms with van der Waals surface area (Å²) in [7, 11) is 0. The van der Waals surface area contributed by atoms with Gasteiger partial charge in [0.15, 0.2) is 0 Å². The summed E-state index contributed by atoms with van der Waals surface area (Å²) in [5.74, 6) is -1.28. The minimum absolute atomic E-state index is 0.104. The highest BCUT2D eigenvalue weighted by molar-refractivity contribution is 7.98. The summed E-state index contributed by atoms with van der Waals surface area (Å²) in [6.45, 7) is -0.208. The van der Waals surface area contributed by atoms with Crippen molar-refractivity contribution in [3.8, 4) is 0 Å². The molecule has 7 heteroatoms. The Morgan fingerprint density at radius 2 is 2.06 bits per heavy atom. The minimum atomic E-state index is -0.464. The van der Waals surface area contributed by atoms with Gasteiger partial charge >= 0.3 is 0 Å². The highest BCUT2D eigenvalue weighted by Crippen LogP contribution is 2.18.